The highest BCUT2D eigenvalue weighted by atomic mass is 15.3. The molecule has 2 N–H and O–H groups in total. The van der Waals surface area contributed by atoms with Crippen molar-refractivity contribution in [3.8, 4) is 0 Å². The molecule has 1 fully saturated rings. The highest BCUT2D eigenvalue weighted by molar-refractivity contribution is 5.47. The van der Waals surface area contributed by atoms with Gasteiger partial charge in [-0.15, -0.1) is 0 Å². The van der Waals surface area contributed by atoms with Crippen molar-refractivity contribution in [3.05, 3.63) is 36.9 Å². The Bertz CT molecular complexity index is 519. The lowest BCUT2D eigenvalue weighted by atomic mass is 10.3. The number of nitrogens with zero attached hydrogens (tertiary/aromatic N) is 5. The van der Waals surface area contributed by atoms with Gasteiger partial charge in [0.1, 0.15) is 11.6 Å². The number of rotatable bonds is 2. The topological polar surface area (TPSA) is 71.2 Å². The Hall–Kier alpha value is -2.37. The minimum absolute atomic E-state index is 0.696. The molecule has 0 saturated carbocycles. The summed E-state index contributed by atoms with van der Waals surface area (Å²) < 4.78 is 0. The summed E-state index contributed by atoms with van der Waals surface area (Å²) in [5.41, 5.74) is 6.35. The molecule has 19 heavy (non-hydrogen) atoms. The molecule has 1 saturated heterocycles. The van der Waals surface area contributed by atoms with E-state index in [0.717, 1.165) is 37.8 Å². The number of piperazine rings is 1. The minimum Gasteiger partial charge on any atom is -0.397 e. The van der Waals surface area contributed by atoms with E-state index in [-0.39, 0.29) is 0 Å². The number of anilines is 3. The van der Waals surface area contributed by atoms with Crippen LogP contribution in [0.2, 0.25) is 0 Å². The summed E-state index contributed by atoms with van der Waals surface area (Å²) in [6, 6.07) is 3.85. The summed E-state index contributed by atoms with van der Waals surface area (Å²) in [4.78, 5) is 17.3. The summed E-state index contributed by atoms with van der Waals surface area (Å²) in [7, 11) is 0. The molecule has 6 heteroatoms. The van der Waals surface area contributed by atoms with Crippen LogP contribution >= 0.6 is 0 Å². The molecule has 0 unspecified atom stereocenters. The normalized spacial score (nSPS) is 15.6. The lowest BCUT2D eigenvalue weighted by Gasteiger charge is -2.35. The smallest absolute Gasteiger partial charge is 0.147 e. The van der Waals surface area contributed by atoms with Crippen LogP contribution in [0.15, 0.2) is 36.9 Å². The second-order valence-corrected chi connectivity index (χ2v) is 4.49. The molecule has 3 rings (SSSR count). The molecule has 2 aromatic rings. The monoisotopic (exact) mass is 256 g/mol. The fraction of sp³-hybridized carbons (Fsp3) is 0.308. The first-order valence-electron chi connectivity index (χ1n) is 6.30. The zero-order chi connectivity index (χ0) is 13.1. The van der Waals surface area contributed by atoms with E-state index in [1.54, 1.807) is 24.8 Å². The Morgan fingerprint density at radius 3 is 2.16 bits per heavy atom. The van der Waals surface area contributed by atoms with E-state index >= 15 is 0 Å². The van der Waals surface area contributed by atoms with Crippen LogP contribution < -0.4 is 15.5 Å². The average Bonchev–Trinajstić information content (AvgIpc) is 2.49. The van der Waals surface area contributed by atoms with Gasteiger partial charge in [0, 0.05) is 38.6 Å². The van der Waals surface area contributed by atoms with Gasteiger partial charge >= 0.3 is 0 Å². The van der Waals surface area contributed by atoms with Crippen molar-refractivity contribution >= 4 is 17.3 Å². The molecule has 0 amide bonds. The number of nitrogen functional groups attached to an aromatic ring is 1. The molecule has 3 heterocycles. The van der Waals surface area contributed by atoms with E-state index in [1.165, 1.54) is 0 Å². The molecule has 0 spiro atoms. The van der Waals surface area contributed by atoms with Gasteiger partial charge < -0.3 is 15.5 Å². The van der Waals surface area contributed by atoms with Crippen molar-refractivity contribution in [2.45, 2.75) is 0 Å². The summed E-state index contributed by atoms with van der Waals surface area (Å²) in [6.07, 6.45) is 6.92. The van der Waals surface area contributed by atoms with Crippen LogP contribution in [0.5, 0.6) is 0 Å². The van der Waals surface area contributed by atoms with Gasteiger partial charge in [-0.2, -0.15) is 0 Å². The third-order valence-corrected chi connectivity index (χ3v) is 3.25. The van der Waals surface area contributed by atoms with Crippen LogP contribution in [0.3, 0.4) is 0 Å². The summed E-state index contributed by atoms with van der Waals surface area (Å²) in [5, 5.41) is 0. The van der Waals surface area contributed by atoms with E-state index in [4.69, 9.17) is 5.73 Å². The number of nitrogens with two attached hydrogens (primary N) is 1. The summed E-state index contributed by atoms with van der Waals surface area (Å²) >= 11 is 0. The maximum atomic E-state index is 5.65. The second-order valence-electron chi connectivity index (χ2n) is 4.49. The van der Waals surface area contributed by atoms with Gasteiger partial charge in [0.25, 0.3) is 0 Å². The van der Waals surface area contributed by atoms with Crippen molar-refractivity contribution < 1.29 is 0 Å². The summed E-state index contributed by atoms with van der Waals surface area (Å²) in [5.74, 6) is 1.92. The Balaban J connectivity index is 1.65. The average molecular weight is 256 g/mol. The van der Waals surface area contributed by atoms with Crippen LogP contribution in [0.25, 0.3) is 0 Å². The standard InChI is InChI=1S/C13H16N6/c14-11-1-2-12(17-9-11)18-5-7-19(8-6-18)13-10-15-3-4-16-13/h1-4,9-10H,5-8,14H2. The van der Waals surface area contributed by atoms with Crippen molar-refractivity contribution in [2.24, 2.45) is 0 Å². The number of hydrogen-bond acceptors (Lipinski definition) is 6. The van der Waals surface area contributed by atoms with E-state index in [2.05, 4.69) is 24.8 Å². The molecule has 6 nitrogen and oxygen atoms in total. The van der Waals surface area contributed by atoms with Gasteiger partial charge in [0.05, 0.1) is 18.1 Å². The lowest BCUT2D eigenvalue weighted by molar-refractivity contribution is 0.640. The molecule has 0 aliphatic carbocycles. The first kappa shape index (κ1) is 11.7. The van der Waals surface area contributed by atoms with Crippen LogP contribution in [-0.2, 0) is 0 Å². The molecule has 0 aromatic carbocycles. The third kappa shape index (κ3) is 2.57. The van der Waals surface area contributed by atoms with E-state index in [1.807, 2.05) is 12.1 Å². The predicted octanol–water partition coefficient (Wildman–Crippen LogP) is 0.780. The zero-order valence-electron chi connectivity index (χ0n) is 10.6. The fourth-order valence-corrected chi connectivity index (χ4v) is 2.20. The quantitative estimate of drug-likeness (QED) is 0.856. The maximum absolute atomic E-state index is 5.65. The maximum Gasteiger partial charge on any atom is 0.147 e. The Morgan fingerprint density at radius 2 is 1.58 bits per heavy atom. The van der Waals surface area contributed by atoms with Gasteiger partial charge in [-0.05, 0) is 12.1 Å². The fourth-order valence-electron chi connectivity index (χ4n) is 2.20. The highest BCUT2D eigenvalue weighted by Crippen LogP contribution is 2.17. The largest absolute Gasteiger partial charge is 0.397 e. The lowest BCUT2D eigenvalue weighted by Crippen LogP contribution is -2.47. The molecule has 0 radical (unpaired) electrons. The SMILES string of the molecule is Nc1ccc(N2CCN(c3cnccn3)CC2)nc1. The van der Waals surface area contributed by atoms with Crippen LogP contribution in [0.4, 0.5) is 17.3 Å². The molecule has 98 valence electrons. The zero-order valence-corrected chi connectivity index (χ0v) is 10.6. The molecule has 1 aliphatic rings. The van der Waals surface area contributed by atoms with E-state index in [0.29, 0.717) is 5.69 Å². The Kier molecular flexibility index (Phi) is 3.14. The van der Waals surface area contributed by atoms with Gasteiger partial charge in [0.15, 0.2) is 0 Å². The van der Waals surface area contributed by atoms with Crippen LogP contribution in [0, 0.1) is 0 Å². The molecule has 1 aliphatic heterocycles. The number of aromatic nitrogens is 3. The Labute approximate surface area is 111 Å². The van der Waals surface area contributed by atoms with Gasteiger partial charge in [-0.1, -0.05) is 0 Å². The molecule has 0 atom stereocenters. The molecular weight excluding hydrogens is 240 g/mol. The van der Waals surface area contributed by atoms with Crippen molar-refractivity contribution in [1.29, 1.82) is 0 Å². The minimum atomic E-state index is 0.696. The van der Waals surface area contributed by atoms with Crippen LogP contribution in [-0.4, -0.2) is 41.1 Å². The van der Waals surface area contributed by atoms with Gasteiger partial charge in [0.2, 0.25) is 0 Å². The third-order valence-electron chi connectivity index (χ3n) is 3.25. The highest BCUT2D eigenvalue weighted by Gasteiger charge is 2.18. The molecule has 0 bridgehead atoms. The van der Waals surface area contributed by atoms with E-state index < -0.39 is 0 Å². The van der Waals surface area contributed by atoms with Crippen molar-refractivity contribution in [1.82, 2.24) is 15.0 Å². The number of pyridine rings is 1. The Morgan fingerprint density at radius 1 is 0.842 bits per heavy atom. The van der Waals surface area contributed by atoms with Gasteiger partial charge in [-0.3, -0.25) is 4.98 Å². The van der Waals surface area contributed by atoms with E-state index in [9.17, 15) is 0 Å². The molecule has 2 aromatic heterocycles. The predicted molar refractivity (Wildman–Crippen MR) is 75.1 cm³/mol. The van der Waals surface area contributed by atoms with Crippen LogP contribution in [0.1, 0.15) is 0 Å². The van der Waals surface area contributed by atoms with Gasteiger partial charge in [-0.25, -0.2) is 9.97 Å². The van der Waals surface area contributed by atoms with Crippen molar-refractivity contribution in [2.75, 3.05) is 41.7 Å². The number of hydrogen-bond donors (Lipinski definition) is 1. The molecular formula is C13H16N6. The first-order chi connectivity index (χ1) is 9.33. The first-order valence-corrected chi connectivity index (χ1v) is 6.30. The van der Waals surface area contributed by atoms with Crippen molar-refractivity contribution in [3.63, 3.8) is 0 Å². The second kappa shape index (κ2) is 5.09. The summed E-state index contributed by atoms with van der Waals surface area (Å²) in [6.45, 7) is 3.69.